The number of benzene rings is 2. The standard InChI is InChI=1S/C21H24N4O2S/c1-14-5-8-17(9-6-14)25-13-22-24-21(25)28-12-20(26)23-16(3)18-11-15(2)7-10-19(18)27-4/h5-11,13,16H,12H2,1-4H3,(H,23,26). The lowest BCUT2D eigenvalue weighted by molar-refractivity contribution is -0.119. The Bertz CT molecular complexity index is 953. The minimum absolute atomic E-state index is 0.0699. The smallest absolute Gasteiger partial charge is 0.230 e. The summed E-state index contributed by atoms with van der Waals surface area (Å²) < 4.78 is 7.30. The first-order valence-corrected chi connectivity index (χ1v) is 10.00. The summed E-state index contributed by atoms with van der Waals surface area (Å²) in [5, 5.41) is 11.8. The van der Waals surface area contributed by atoms with Gasteiger partial charge >= 0.3 is 0 Å². The molecule has 0 bridgehead atoms. The second-order valence-electron chi connectivity index (χ2n) is 6.64. The minimum Gasteiger partial charge on any atom is -0.496 e. The zero-order valence-corrected chi connectivity index (χ0v) is 17.3. The molecule has 1 atom stereocenters. The maximum atomic E-state index is 12.5. The number of methoxy groups -OCH3 is 1. The van der Waals surface area contributed by atoms with E-state index in [0.29, 0.717) is 5.16 Å². The van der Waals surface area contributed by atoms with Crippen LogP contribution in [0.25, 0.3) is 5.69 Å². The van der Waals surface area contributed by atoms with E-state index in [9.17, 15) is 4.79 Å². The van der Waals surface area contributed by atoms with Crippen LogP contribution in [0.5, 0.6) is 5.75 Å². The summed E-state index contributed by atoms with van der Waals surface area (Å²) in [6.07, 6.45) is 1.66. The Morgan fingerprint density at radius 1 is 1.18 bits per heavy atom. The number of nitrogens with zero attached hydrogens (tertiary/aromatic N) is 3. The molecule has 3 rings (SSSR count). The Hall–Kier alpha value is -2.80. The number of aryl methyl sites for hydroxylation is 2. The number of carbonyl (C=O) groups is 1. The van der Waals surface area contributed by atoms with Gasteiger partial charge in [-0.3, -0.25) is 9.36 Å². The van der Waals surface area contributed by atoms with Gasteiger partial charge in [0, 0.05) is 11.3 Å². The van der Waals surface area contributed by atoms with Crippen LogP contribution in [0.3, 0.4) is 0 Å². The molecule has 1 amide bonds. The van der Waals surface area contributed by atoms with Crippen molar-refractivity contribution in [3.05, 3.63) is 65.5 Å². The highest BCUT2D eigenvalue weighted by atomic mass is 32.2. The van der Waals surface area contributed by atoms with Gasteiger partial charge in [-0.25, -0.2) is 0 Å². The summed E-state index contributed by atoms with van der Waals surface area (Å²) in [6, 6.07) is 13.9. The molecule has 1 aromatic heterocycles. The summed E-state index contributed by atoms with van der Waals surface area (Å²) in [6.45, 7) is 6.01. The van der Waals surface area contributed by atoms with Crippen LogP contribution in [0.15, 0.2) is 53.9 Å². The predicted octanol–water partition coefficient (Wildman–Crippen LogP) is 3.86. The number of carbonyl (C=O) groups excluding carboxylic acids is 1. The van der Waals surface area contributed by atoms with E-state index in [2.05, 4.69) is 15.5 Å². The number of hydrogen-bond acceptors (Lipinski definition) is 5. The summed E-state index contributed by atoms with van der Waals surface area (Å²) >= 11 is 1.36. The normalized spacial score (nSPS) is 11.9. The molecule has 3 aromatic rings. The fourth-order valence-electron chi connectivity index (χ4n) is 2.89. The molecular weight excluding hydrogens is 372 g/mol. The molecule has 146 valence electrons. The molecule has 0 aliphatic heterocycles. The first-order valence-electron chi connectivity index (χ1n) is 9.01. The van der Waals surface area contributed by atoms with Gasteiger partial charge in [-0.05, 0) is 39.0 Å². The first-order chi connectivity index (χ1) is 13.5. The van der Waals surface area contributed by atoms with E-state index in [1.165, 1.54) is 17.3 Å². The number of hydrogen-bond donors (Lipinski definition) is 1. The highest BCUT2D eigenvalue weighted by Gasteiger charge is 2.16. The summed E-state index contributed by atoms with van der Waals surface area (Å²) in [4.78, 5) is 12.5. The van der Waals surface area contributed by atoms with E-state index in [1.807, 2.05) is 67.8 Å². The molecule has 28 heavy (non-hydrogen) atoms. The SMILES string of the molecule is COc1ccc(C)cc1C(C)NC(=O)CSc1nncn1-c1ccc(C)cc1. The molecule has 2 aromatic carbocycles. The van der Waals surface area contributed by atoms with Crippen LogP contribution in [-0.2, 0) is 4.79 Å². The van der Waals surface area contributed by atoms with Gasteiger partial charge in [0.25, 0.3) is 0 Å². The van der Waals surface area contributed by atoms with Crippen molar-refractivity contribution < 1.29 is 9.53 Å². The quantitative estimate of drug-likeness (QED) is 0.614. The second kappa shape index (κ2) is 8.93. The Kier molecular flexibility index (Phi) is 6.36. The zero-order chi connectivity index (χ0) is 20.1. The van der Waals surface area contributed by atoms with Gasteiger partial charge in [-0.1, -0.05) is 47.2 Å². The van der Waals surface area contributed by atoms with Gasteiger partial charge in [-0.2, -0.15) is 0 Å². The molecule has 7 heteroatoms. The average molecular weight is 397 g/mol. The lowest BCUT2D eigenvalue weighted by Gasteiger charge is -2.18. The van der Waals surface area contributed by atoms with Crippen LogP contribution < -0.4 is 10.1 Å². The highest BCUT2D eigenvalue weighted by molar-refractivity contribution is 7.99. The number of ether oxygens (including phenoxy) is 1. The van der Waals surface area contributed by atoms with Crippen molar-refractivity contribution in [2.75, 3.05) is 12.9 Å². The van der Waals surface area contributed by atoms with Crippen molar-refractivity contribution in [1.29, 1.82) is 0 Å². The summed E-state index contributed by atoms with van der Waals surface area (Å²) in [7, 11) is 1.64. The lowest BCUT2D eigenvalue weighted by Crippen LogP contribution is -2.28. The van der Waals surface area contributed by atoms with Gasteiger partial charge in [0.15, 0.2) is 5.16 Å². The fraction of sp³-hybridized carbons (Fsp3) is 0.286. The lowest BCUT2D eigenvalue weighted by atomic mass is 10.0. The Morgan fingerprint density at radius 2 is 1.89 bits per heavy atom. The van der Waals surface area contributed by atoms with Crippen LogP contribution in [0.4, 0.5) is 0 Å². The number of amides is 1. The maximum absolute atomic E-state index is 12.5. The van der Waals surface area contributed by atoms with E-state index in [1.54, 1.807) is 13.4 Å². The number of nitrogens with one attached hydrogen (secondary N) is 1. The maximum Gasteiger partial charge on any atom is 0.230 e. The largest absolute Gasteiger partial charge is 0.496 e. The van der Waals surface area contributed by atoms with Gasteiger partial charge in [0.2, 0.25) is 5.91 Å². The van der Waals surface area contributed by atoms with Crippen molar-refractivity contribution in [3.8, 4) is 11.4 Å². The third-order valence-electron chi connectivity index (χ3n) is 4.39. The monoisotopic (exact) mass is 396 g/mol. The number of thioether (sulfide) groups is 1. The van der Waals surface area contributed by atoms with Crippen molar-refractivity contribution in [2.45, 2.75) is 32.0 Å². The van der Waals surface area contributed by atoms with E-state index >= 15 is 0 Å². The Morgan fingerprint density at radius 3 is 2.61 bits per heavy atom. The van der Waals surface area contributed by atoms with E-state index in [4.69, 9.17) is 4.74 Å². The van der Waals surface area contributed by atoms with Crippen molar-refractivity contribution >= 4 is 17.7 Å². The minimum atomic E-state index is -0.155. The van der Waals surface area contributed by atoms with Gasteiger partial charge < -0.3 is 10.1 Å². The Balaban J connectivity index is 1.63. The molecule has 6 nitrogen and oxygen atoms in total. The molecule has 0 saturated heterocycles. The summed E-state index contributed by atoms with van der Waals surface area (Å²) in [5.41, 5.74) is 4.24. The first kappa shape index (κ1) is 19.9. The zero-order valence-electron chi connectivity index (χ0n) is 16.5. The van der Waals surface area contributed by atoms with E-state index in [-0.39, 0.29) is 17.7 Å². The van der Waals surface area contributed by atoms with Crippen LogP contribution in [-0.4, -0.2) is 33.5 Å². The average Bonchev–Trinajstić information content (AvgIpc) is 3.15. The van der Waals surface area contributed by atoms with Crippen molar-refractivity contribution in [3.63, 3.8) is 0 Å². The number of rotatable bonds is 7. The van der Waals surface area contributed by atoms with Crippen LogP contribution in [0, 0.1) is 13.8 Å². The molecule has 1 heterocycles. The molecule has 0 radical (unpaired) electrons. The summed E-state index contributed by atoms with van der Waals surface area (Å²) in [5.74, 6) is 0.952. The van der Waals surface area contributed by atoms with Gasteiger partial charge in [0.1, 0.15) is 12.1 Å². The second-order valence-corrected chi connectivity index (χ2v) is 7.58. The molecule has 0 aliphatic rings. The third kappa shape index (κ3) is 4.72. The third-order valence-corrected chi connectivity index (χ3v) is 5.33. The van der Waals surface area contributed by atoms with Crippen molar-refractivity contribution in [1.82, 2.24) is 20.1 Å². The molecule has 0 spiro atoms. The predicted molar refractivity (Wildman–Crippen MR) is 111 cm³/mol. The molecule has 0 aliphatic carbocycles. The fourth-order valence-corrected chi connectivity index (χ4v) is 3.63. The number of aromatic nitrogens is 3. The molecule has 1 N–H and O–H groups in total. The van der Waals surface area contributed by atoms with Crippen LogP contribution in [0.2, 0.25) is 0 Å². The highest BCUT2D eigenvalue weighted by Crippen LogP contribution is 2.26. The Labute approximate surface area is 169 Å². The van der Waals surface area contributed by atoms with Crippen LogP contribution in [0.1, 0.15) is 29.7 Å². The molecule has 1 unspecified atom stereocenters. The molecular formula is C21H24N4O2S. The van der Waals surface area contributed by atoms with Gasteiger partial charge in [0.05, 0.1) is 18.9 Å². The van der Waals surface area contributed by atoms with Crippen LogP contribution >= 0.6 is 11.8 Å². The van der Waals surface area contributed by atoms with E-state index in [0.717, 1.165) is 22.6 Å². The van der Waals surface area contributed by atoms with Gasteiger partial charge in [-0.15, -0.1) is 10.2 Å². The topological polar surface area (TPSA) is 69.0 Å². The van der Waals surface area contributed by atoms with Crippen molar-refractivity contribution in [2.24, 2.45) is 0 Å². The van der Waals surface area contributed by atoms with E-state index < -0.39 is 0 Å². The molecule has 0 saturated carbocycles. The molecule has 0 fully saturated rings.